The third-order valence-corrected chi connectivity index (χ3v) is 5.19. The van der Waals surface area contributed by atoms with Crippen LogP contribution in [-0.2, 0) is 19.5 Å². The van der Waals surface area contributed by atoms with Gasteiger partial charge < -0.3 is 14.6 Å². The SMILES string of the molecule is O=S(=O)(NCC1(O)CCOC1)C1CCOCC1. The Hall–Kier alpha value is -0.210. The Morgan fingerprint density at radius 2 is 1.94 bits per heavy atom. The number of hydrogen-bond donors (Lipinski definition) is 2. The maximum absolute atomic E-state index is 12.0. The first-order valence-corrected chi connectivity index (χ1v) is 7.43. The van der Waals surface area contributed by atoms with Crippen LogP contribution < -0.4 is 4.72 Å². The molecule has 2 fully saturated rings. The van der Waals surface area contributed by atoms with Gasteiger partial charge in [0.2, 0.25) is 10.0 Å². The van der Waals surface area contributed by atoms with Crippen LogP contribution in [0.3, 0.4) is 0 Å². The minimum Gasteiger partial charge on any atom is -0.386 e. The molecule has 6 nitrogen and oxygen atoms in total. The summed E-state index contributed by atoms with van der Waals surface area (Å²) in [5.74, 6) is 0. The predicted molar refractivity (Wildman–Crippen MR) is 61.1 cm³/mol. The van der Waals surface area contributed by atoms with Crippen molar-refractivity contribution in [2.24, 2.45) is 0 Å². The fourth-order valence-corrected chi connectivity index (χ4v) is 3.59. The van der Waals surface area contributed by atoms with Crippen molar-refractivity contribution in [2.45, 2.75) is 30.1 Å². The normalized spacial score (nSPS) is 31.8. The number of sulfonamides is 1. The van der Waals surface area contributed by atoms with Gasteiger partial charge in [-0.2, -0.15) is 0 Å². The van der Waals surface area contributed by atoms with Gasteiger partial charge in [0.15, 0.2) is 0 Å². The highest BCUT2D eigenvalue weighted by Gasteiger charge is 2.35. The Morgan fingerprint density at radius 3 is 2.53 bits per heavy atom. The van der Waals surface area contributed by atoms with Crippen molar-refractivity contribution in [3.05, 3.63) is 0 Å². The van der Waals surface area contributed by atoms with Crippen molar-refractivity contribution in [1.29, 1.82) is 0 Å². The van der Waals surface area contributed by atoms with Crippen LogP contribution in [0.1, 0.15) is 19.3 Å². The third-order valence-electron chi connectivity index (χ3n) is 3.29. The molecule has 0 aromatic carbocycles. The van der Waals surface area contributed by atoms with Gasteiger partial charge in [0.05, 0.1) is 11.9 Å². The van der Waals surface area contributed by atoms with E-state index in [9.17, 15) is 13.5 Å². The molecule has 2 saturated heterocycles. The number of aliphatic hydroxyl groups is 1. The average molecular weight is 265 g/mol. The summed E-state index contributed by atoms with van der Waals surface area (Å²) in [6.07, 6.45) is 1.51. The third kappa shape index (κ3) is 3.38. The van der Waals surface area contributed by atoms with Crippen molar-refractivity contribution in [3.8, 4) is 0 Å². The summed E-state index contributed by atoms with van der Waals surface area (Å²) < 4.78 is 36.6. The van der Waals surface area contributed by atoms with Crippen LogP contribution in [0, 0.1) is 0 Å². The molecule has 1 unspecified atom stereocenters. The Morgan fingerprint density at radius 1 is 1.24 bits per heavy atom. The molecule has 100 valence electrons. The molecule has 0 spiro atoms. The number of hydrogen-bond acceptors (Lipinski definition) is 5. The molecule has 1 atom stereocenters. The average Bonchev–Trinajstić information content (AvgIpc) is 2.76. The Bertz CT molecular complexity index is 344. The maximum atomic E-state index is 12.0. The van der Waals surface area contributed by atoms with Gasteiger partial charge in [-0.15, -0.1) is 0 Å². The lowest BCUT2D eigenvalue weighted by atomic mass is 10.1. The highest BCUT2D eigenvalue weighted by molar-refractivity contribution is 7.90. The molecule has 2 aliphatic rings. The van der Waals surface area contributed by atoms with Gasteiger partial charge in [0.1, 0.15) is 5.60 Å². The van der Waals surface area contributed by atoms with E-state index in [0.717, 1.165) is 0 Å². The van der Waals surface area contributed by atoms with Crippen molar-refractivity contribution in [2.75, 3.05) is 33.0 Å². The van der Waals surface area contributed by atoms with Gasteiger partial charge in [-0.05, 0) is 12.8 Å². The number of rotatable bonds is 4. The largest absolute Gasteiger partial charge is 0.386 e. The van der Waals surface area contributed by atoms with E-state index in [1.807, 2.05) is 0 Å². The highest BCUT2D eigenvalue weighted by atomic mass is 32.2. The molecule has 0 bridgehead atoms. The van der Waals surface area contributed by atoms with Crippen LogP contribution in [0.15, 0.2) is 0 Å². The van der Waals surface area contributed by atoms with E-state index >= 15 is 0 Å². The van der Waals surface area contributed by atoms with Crippen molar-refractivity contribution >= 4 is 10.0 Å². The first-order valence-electron chi connectivity index (χ1n) is 5.88. The topological polar surface area (TPSA) is 84.9 Å². The Labute approximate surface area is 101 Å². The zero-order chi connectivity index (χ0) is 12.4. The summed E-state index contributed by atoms with van der Waals surface area (Å²) in [5.41, 5.74) is -1.04. The lowest BCUT2D eigenvalue weighted by molar-refractivity contribution is 0.0312. The zero-order valence-corrected chi connectivity index (χ0v) is 10.5. The number of ether oxygens (including phenoxy) is 2. The minimum absolute atomic E-state index is 0.0344. The first kappa shape index (κ1) is 13.2. The van der Waals surface area contributed by atoms with Crippen LogP contribution in [0.4, 0.5) is 0 Å². The van der Waals surface area contributed by atoms with Crippen LogP contribution in [0.25, 0.3) is 0 Å². The van der Waals surface area contributed by atoms with Gasteiger partial charge in [-0.25, -0.2) is 13.1 Å². The van der Waals surface area contributed by atoms with E-state index in [4.69, 9.17) is 9.47 Å². The summed E-state index contributed by atoms with van der Waals surface area (Å²) in [6.45, 7) is 1.68. The molecular formula is C10H19NO5S. The van der Waals surface area contributed by atoms with E-state index in [-0.39, 0.29) is 13.2 Å². The van der Waals surface area contributed by atoms with Gasteiger partial charge in [0, 0.05) is 32.8 Å². The van der Waals surface area contributed by atoms with Crippen LogP contribution in [-0.4, -0.2) is 57.3 Å². The second-order valence-electron chi connectivity index (χ2n) is 4.70. The van der Waals surface area contributed by atoms with Gasteiger partial charge in [-0.3, -0.25) is 0 Å². The fourth-order valence-electron chi connectivity index (χ4n) is 2.07. The zero-order valence-electron chi connectivity index (χ0n) is 9.72. The van der Waals surface area contributed by atoms with E-state index in [0.29, 0.717) is 39.1 Å². The molecule has 17 heavy (non-hydrogen) atoms. The van der Waals surface area contributed by atoms with E-state index in [1.54, 1.807) is 0 Å². The summed E-state index contributed by atoms with van der Waals surface area (Å²) >= 11 is 0. The quantitative estimate of drug-likeness (QED) is 0.697. The van der Waals surface area contributed by atoms with Gasteiger partial charge in [-0.1, -0.05) is 0 Å². The van der Waals surface area contributed by atoms with E-state index in [1.165, 1.54) is 0 Å². The molecule has 7 heteroatoms. The molecular weight excluding hydrogens is 246 g/mol. The lowest BCUT2D eigenvalue weighted by Crippen LogP contribution is -2.47. The number of nitrogens with one attached hydrogen (secondary N) is 1. The highest BCUT2D eigenvalue weighted by Crippen LogP contribution is 2.19. The smallest absolute Gasteiger partial charge is 0.214 e. The van der Waals surface area contributed by atoms with Crippen LogP contribution in [0.5, 0.6) is 0 Å². The molecule has 0 aromatic rings. The molecule has 0 aliphatic carbocycles. The summed E-state index contributed by atoms with van der Waals surface area (Å²) in [4.78, 5) is 0. The van der Waals surface area contributed by atoms with Crippen LogP contribution in [0.2, 0.25) is 0 Å². The van der Waals surface area contributed by atoms with Gasteiger partial charge in [0.25, 0.3) is 0 Å². The van der Waals surface area contributed by atoms with E-state index < -0.39 is 20.9 Å². The first-order chi connectivity index (χ1) is 8.02. The molecule has 0 radical (unpaired) electrons. The molecule has 0 aromatic heterocycles. The van der Waals surface area contributed by atoms with Crippen molar-refractivity contribution < 1.29 is 23.0 Å². The second kappa shape index (κ2) is 5.19. The molecule has 2 heterocycles. The minimum atomic E-state index is -3.35. The molecule has 0 saturated carbocycles. The molecule has 2 N–H and O–H groups in total. The van der Waals surface area contributed by atoms with Gasteiger partial charge >= 0.3 is 0 Å². The van der Waals surface area contributed by atoms with Crippen molar-refractivity contribution in [1.82, 2.24) is 4.72 Å². The standard InChI is InChI=1S/C10H19NO5S/c12-10(3-6-16-8-10)7-11-17(13,14)9-1-4-15-5-2-9/h9,11-12H,1-8H2. The predicted octanol–water partition coefficient (Wildman–Crippen LogP) is -0.764. The maximum Gasteiger partial charge on any atom is 0.214 e. The summed E-state index contributed by atoms with van der Waals surface area (Å²) in [6, 6.07) is 0. The lowest BCUT2D eigenvalue weighted by Gasteiger charge is -2.25. The second-order valence-corrected chi connectivity index (χ2v) is 6.75. The summed E-state index contributed by atoms with van der Waals surface area (Å²) in [7, 11) is -3.35. The Kier molecular flexibility index (Phi) is 4.04. The molecule has 2 aliphatic heterocycles. The van der Waals surface area contributed by atoms with Crippen molar-refractivity contribution in [3.63, 3.8) is 0 Å². The fraction of sp³-hybridized carbons (Fsp3) is 1.00. The van der Waals surface area contributed by atoms with E-state index in [2.05, 4.69) is 4.72 Å². The Balaban J connectivity index is 1.88. The molecule has 2 rings (SSSR count). The molecule has 0 amide bonds. The monoisotopic (exact) mass is 265 g/mol. The summed E-state index contributed by atoms with van der Waals surface area (Å²) in [5, 5.41) is 9.58. The van der Waals surface area contributed by atoms with Crippen LogP contribution >= 0.6 is 0 Å².